The van der Waals surface area contributed by atoms with Crippen molar-refractivity contribution in [1.82, 2.24) is 0 Å². The summed E-state index contributed by atoms with van der Waals surface area (Å²) in [6, 6.07) is 15.5. The Morgan fingerprint density at radius 3 is 2.33 bits per heavy atom. The molecule has 0 heterocycles. The van der Waals surface area contributed by atoms with Crippen LogP contribution in [0.25, 0.3) is 0 Å². The average Bonchev–Trinajstić information content (AvgIpc) is 2.46. The number of benzene rings is 2. The molecule has 0 aliphatic carbocycles. The maximum atomic E-state index is 12.0. The molecule has 2 aromatic carbocycles. The molecule has 110 valence electrons. The zero-order valence-electron chi connectivity index (χ0n) is 11.8. The van der Waals surface area contributed by atoms with Gasteiger partial charge in [0.25, 0.3) is 5.91 Å². The fourth-order valence-corrected chi connectivity index (χ4v) is 2.26. The van der Waals surface area contributed by atoms with Gasteiger partial charge in [0.2, 0.25) is 10.0 Å². The van der Waals surface area contributed by atoms with E-state index in [1.54, 1.807) is 48.5 Å². The van der Waals surface area contributed by atoms with Crippen LogP contribution in [-0.2, 0) is 10.0 Å². The van der Waals surface area contributed by atoms with Crippen molar-refractivity contribution in [3.63, 3.8) is 0 Å². The molecule has 2 rings (SSSR count). The Balaban J connectivity index is 2.21. The Hall–Kier alpha value is -2.34. The molecule has 0 fully saturated rings. The summed E-state index contributed by atoms with van der Waals surface area (Å²) in [5.41, 5.74) is 1.57. The van der Waals surface area contributed by atoms with Crippen molar-refractivity contribution in [3.8, 4) is 0 Å². The zero-order chi connectivity index (χ0) is 15.5. The lowest BCUT2D eigenvalue weighted by Crippen LogP contribution is -2.24. The molecular weight excluding hydrogens is 288 g/mol. The Labute approximate surface area is 124 Å². The standard InChI is InChI=1S/C15H16N2O3S/c1-17(21(2,19)20)14-10-6-9-13(11-14)16-15(18)12-7-4-3-5-8-12/h3-11H,1-2H3,(H,16,18). The van der Waals surface area contributed by atoms with Gasteiger partial charge in [-0.3, -0.25) is 9.10 Å². The first-order valence-corrected chi connectivity index (χ1v) is 8.13. The van der Waals surface area contributed by atoms with Crippen molar-refractivity contribution in [2.75, 3.05) is 22.9 Å². The van der Waals surface area contributed by atoms with Crippen LogP contribution >= 0.6 is 0 Å². The van der Waals surface area contributed by atoms with Gasteiger partial charge < -0.3 is 5.32 Å². The van der Waals surface area contributed by atoms with Gasteiger partial charge in [0.05, 0.1) is 11.9 Å². The molecule has 5 nitrogen and oxygen atoms in total. The number of carbonyl (C=O) groups is 1. The molecular formula is C15H16N2O3S. The number of rotatable bonds is 4. The first kappa shape index (κ1) is 15.1. The molecule has 0 bridgehead atoms. The molecule has 0 aromatic heterocycles. The molecule has 0 aliphatic heterocycles. The molecule has 0 unspecified atom stereocenters. The lowest BCUT2D eigenvalue weighted by atomic mass is 10.2. The minimum Gasteiger partial charge on any atom is -0.322 e. The third kappa shape index (κ3) is 3.82. The van der Waals surface area contributed by atoms with E-state index in [0.717, 1.165) is 10.6 Å². The number of amides is 1. The number of hydrogen-bond acceptors (Lipinski definition) is 3. The fourth-order valence-electron chi connectivity index (χ4n) is 1.76. The summed E-state index contributed by atoms with van der Waals surface area (Å²) in [5, 5.41) is 2.74. The molecule has 1 amide bonds. The van der Waals surface area contributed by atoms with E-state index in [1.165, 1.54) is 7.05 Å². The molecule has 1 N–H and O–H groups in total. The second-order valence-corrected chi connectivity index (χ2v) is 6.61. The van der Waals surface area contributed by atoms with Gasteiger partial charge in [0.15, 0.2) is 0 Å². The largest absolute Gasteiger partial charge is 0.322 e. The second-order valence-electron chi connectivity index (χ2n) is 4.60. The third-order valence-corrected chi connectivity index (χ3v) is 4.21. The van der Waals surface area contributed by atoms with Crippen molar-refractivity contribution in [2.24, 2.45) is 0 Å². The van der Waals surface area contributed by atoms with Crippen LogP contribution in [0.3, 0.4) is 0 Å². The van der Waals surface area contributed by atoms with Crippen LogP contribution in [0.2, 0.25) is 0 Å². The molecule has 0 aliphatic rings. The summed E-state index contributed by atoms with van der Waals surface area (Å²) in [6.45, 7) is 0. The zero-order valence-corrected chi connectivity index (χ0v) is 12.6. The highest BCUT2D eigenvalue weighted by molar-refractivity contribution is 7.92. The molecule has 0 radical (unpaired) electrons. The SMILES string of the molecule is CN(c1cccc(NC(=O)c2ccccc2)c1)S(C)(=O)=O. The summed E-state index contributed by atoms with van der Waals surface area (Å²) in [7, 11) is -1.87. The quantitative estimate of drug-likeness (QED) is 0.942. The van der Waals surface area contributed by atoms with E-state index in [0.29, 0.717) is 16.9 Å². The van der Waals surface area contributed by atoms with E-state index in [9.17, 15) is 13.2 Å². The van der Waals surface area contributed by atoms with E-state index in [-0.39, 0.29) is 5.91 Å². The maximum absolute atomic E-state index is 12.0. The number of nitrogens with zero attached hydrogens (tertiary/aromatic N) is 1. The highest BCUT2D eigenvalue weighted by atomic mass is 32.2. The van der Waals surface area contributed by atoms with Crippen LogP contribution in [0, 0.1) is 0 Å². The minimum absolute atomic E-state index is 0.241. The van der Waals surface area contributed by atoms with Gasteiger partial charge in [-0.1, -0.05) is 24.3 Å². The molecule has 2 aromatic rings. The van der Waals surface area contributed by atoms with Gasteiger partial charge in [-0.25, -0.2) is 8.42 Å². The fraction of sp³-hybridized carbons (Fsp3) is 0.133. The molecule has 0 spiro atoms. The van der Waals surface area contributed by atoms with Crippen LogP contribution < -0.4 is 9.62 Å². The van der Waals surface area contributed by atoms with Crippen LogP contribution in [0.15, 0.2) is 54.6 Å². The highest BCUT2D eigenvalue weighted by Crippen LogP contribution is 2.20. The van der Waals surface area contributed by atoms with Gasteiger partial charge in [0.1, 0.15) is 0 Å². The summed E-state index contributed by atoms with van der Waals surface area (Å²) in [4.78, 5) is 12.0. The van der Waals surface area contributed by atoms with E-state index >= 15 is 0 Å². The van der Waals surface area contributed by atoms with Crippen molar-refractivity contribution in [3.05, 3.63) is 60.2 Å². The first-order valence-electron chi connectivity index (χ1n) is 6.28. The third-order valence-electron chi connectivity index (χ3n) is 3.00. The summed E-state index contributed by atoms with van der Waals surface area (Å²) < 4.78 is 24.2. The Morgan fingerprint density at radius 1 is 1.05 bits per heavy atom. The van der Waals surface area contributed by atoms with Crippen molar-refractivity contribution in [1.29, 1.82) is 0 Å². The molecule has 0 saturated heterocycles. The Bertz CT molecular complexity index is 743. The van der Waals surface area contributed by atoms with Crippen molar-refractivity contribution < 1.29 is 13.2 Å². The predicted octanol–water partition coefficient (Wildman–Crippen LogP) is 2.33. The molecule has 21 heavy (non-hydrogen) atoms. The van der Waals surface area contributed by atoms with E-state index in [4.69, 9.17) is 0 Å². The Morgan fingerprint density at radius 2 is 1.71 bits per heavy atom. The van der Waals surface area contributed by atoms with Crippen LogP contribution in [0.1, 0.15) is 10.4 Å². The topological polar surface area (TPSA) is 66.5 Å². The van der Waals surface area contributed by atoms with Gasteiger partial charge in [-0.15, -0.1) is 0 Å². The minimum atomic E-state index is -3.33. The van der Waals surface area contributed by atoms with Crippen molar-refractivity contribution >= 4 is 27.3 Å². The van der Waals surface area contributed by atoms with Crippen LogP contribution in [-0.4, -0.2) is 27.6 Å². The lowest BCUT2D eigenvalue weighted by molar-refractivity contribution is 0.102. The predicted molar refractivity (Wildman–Crippen MR) is 84.1 cm³/mol. The smallest absolute Gasteiger partial charge is 0.255 e. The monoisotopic (exact) mass is 304 g/mol. The van der Waals surface area contributed by atoms with E-state index < -0.39 is 10.0 Å². The summed E-state index contributed by atoms with van der Waals surface area (Å²) in [5.74, 6) is -0.241. The normalized spacial score (nSPS) is 11.0. The lowest BCUT2D eigenvalue weighted by Gasteiger charge is -2.17. The number of carbonyl (C=O) groups excluding carboxylic acids is 1. The van der Waals surface area contributed by atoms with Crippen LogP contribution in [0.4, 0.5) is 11.4 Å². The Kier molecular flexibility index (Phi) is 4.28. The van der Waals surface area contributed by atoms with Crippen LogP contribution in [0.5, 0.6) is 0 Å². The molecule has 0 saturated carbocycles. The second kappa shape index (κ2) is 5.97. The molecule has 0 atom stereocenters. The first-order chi connectivity index (χ1) is 9.88. The van der Waals surface area contributed by atoms with E-state index in [2.05, 4.69) is 5.32 Å². The average molecular weight is 304 g/mol. The van der Waals surface area contributed by atoms with Crippen molar-refractivity contribution in [2.45, 2.75) is 0 Å². The number of nitrogens with one attached hydrogen (secondary N) is 1. The number of anilines is 2. The summed E-state index contributed by atoms with van der Waals surface area (Å²) in [6.07, 6.45) is 1.13. The molecule has 6 heteroatoms. The maximum Gasteiger partial charge on any atom is 0.255 e. The van der Waals surface area contributed by atoms with E-state index in [1.807, 2.05) is 6.07 Å². The van der Waals surface area contributed by atoms with Gasteiger partial charge in [-0.05, 0) is 30.3 Å². The van der Waals surface area contributed by atoms with Gasteiger partial charge in [0, 0.05) is 18.3 Å². The number of sulfonamides is 1. The summed E-state index contributed by atoms with van der Waals surface area (Å²) >= 11 is 0. The van der Waals surface area contributed by atoms with Gasteiger partial charge in [-0.2, -0.15) is 0 Å². The highest BCUT2D eigenvalue weighted by Gasteiger charge is 2.12. The van der Waals surface area contributed by atoms with Gasteiger partial charge >= 0.3 is 0 Å². The number of hydrogen-bond donors (Lipinski definition) is 1.